The molecular formula is C10H13NO2. The zero-order valence-corrected chi connectivity index (χ0v) is 7.36. The summed E-state index contributed by atoms with van der Waals surface area (Å²) in [5.41, 5.74) is 5.86. The molecule has 70 valence electrons. The average Bonchev–Trinajstić information content (AvgIpc) is 2.08. The van der Waals surface area contributed by atoms with Gasteiger partial charge in [0.2, 0.25) is 5.91 Å². The van der Waals surface area contributed by atoms with Crippen molar-refractivity contribution >= 4 is 5.91 Å². The molecule has 13 heavy (non-hydrogen) atoms. The van der Waals surface area contributed by atoms with E-state index in [1.807, 2.05) is 12.1 Å². The second-order valence-corrected chi connectivity index (χ2v) is 2.95. The van der Waals surface area contributed by atoms with Crippen molar-refractivity contribution in [3.8, 4) is 5.75 Å². The van der Waals surface area contributed by atoms with Gasteiger partial charge in [-0.3, -0.25) is 4.79 Å². The van der Waals surface area contributed by atoms with E-state index in [1.165, 1.54) is 0 Å². The Kier molecular flexibility index (Phi) is 3.31. The van der Waals surface area contributed by atoms with Crippen molar-refractivity contribution in [1.82, 2.24) is 0 Å². The largest absolute Gasteiger partial charge is 0.508 e. The summed E-state index contributed by atoms with van der Waals surface area (Å²) in [6.45, 7) is 0. The number of benzene rings is 1. The zero-order chi connectivity index (χ0) is 9.68. The molecule has 0 bridgehead atoms. The minimum atomic E-state index is -0.296. The van der Waals surface area contributed by atoms with Gasteiger partial charge in [0.15, 0.2) is 0 Å². The van der Waals surface area contributed by atoms with Crippen molar-refractivity contribution in [3.63, 3.8) is 0 Å². The normalized spacial score (nSPS) is 9.85. The molecule has 3 nitrogen and oxygen atoms in total. The highest BCUT2D eigenvalue weighted by Crippen LogP contribution is 2.17. The SMILES string of the molecule is NC(=O)CCCc1ccccc1O. The Labute approximate surface area is 77.2 Å². The fraction of sp³-hybridized carbons (Fsp3) is 0.300. The highest BCUT2D eigenvalue weighted by atomic mass is 16.3. The predicted octanol–water partition coefficient (Wildman–Crippen LogP) is 1.20. The summed E-state index contributed by atoms with van der Waals surface area (Å²) in [5.74, 6) is -0.0117. The number of primary amides is 1. The molecule has 0 atom stereocenters. The molecule has 0 aliphatic carbocycles. The van der Waals surface area contributed by atoms with E-state index >= 15 is 0 Å². The molecule has 3 N–H and O–H groups in total. The molecule has 1 aromatic rings. The van der Waals surface area contributed by atoms with E-state index in [2.05, 4.69) is 0 Å². The van der Waals surface area contributed by atoms with Crippen LogP contribution in [0.25, 0.3) is 0 Å². The summed E-state index contributed by atoms with van der Waals surface area (Å²) >= 11 is 0. The smallest absolute Gasteiger partial charge is 0.217 e. The first kappa shape index (κ1) is 9.58. The van der Waals surface area contributed by atoms with Crippen molar-refractivity contribution in [2.45, 2.75) is 19.3 Å². The molecule has 0 fully saturated rings. The van der Waals surface area contributed by atoms with Crippen LogP contribution >= 0.6 is 0 Å². The van der Waals surface area contributed by atoms with E-state index in [0.717, 1.165) is 5.56 Å². The second kappa shape index (κ2) is 4.50. The van der Waals surface area contributed by atoms with Crippen LogP contribution in [0.3, 0.4) is 0 Å². The van der Waals surface area contributed by atoms with Crippen molar-refractivity contribution < 1.29 is 9.90 Å². The quantitative estimate of drug-likeness (QED) is 0.729. The zero-order valence-electron chi connectivity index (χ0n) is 7.36. The molecule has 1 aromatic carbocycles. The van der Waals surface area contributed by atoms with Crippen molar-refractivity contribution in [3.05, 3.63) is 29.8 Å². The number of aryl methyl sites for hydroxylation is 1. The maximum atomic E-state index is 10.4. The minimum absolute atomic E-state index is 0.284. The van der Waals surface area contributed by atoms with E-state index in [9.17, 15) is 9.90 Å². The lowest BCUT2D eigenvalue weighted by atomic mass is 10.1. The minimum Gasteiger partial charge on any atom is -0.508 e. The maximum absolute atomic E-state index is 10.4. The molecule has 0 aromatic heterocycles. The topological polar surface area (TPSA) is 63.3 Å². The molecule has 0 spiro atoms. The lowest BCUT2D eigenvalue weighted by Gasteiger charge is -2.02. The van der Waals surface area contributed by atoms with Crippen LogP contribution < -0.4 is 5.73 Å². The van der Waals surface area contributed by atoms with Crippen LogP contribution in [0.15, 0.2) is 24.3 Å². The predicted molar refractivity (Wildman–Crippen MR) is 50.2 cm³/mol. The van der Waals surface area contributed by atoms with E-state index in [0.29, 0.717) is 19.3 Å². The highest BCUT2D eigenvalue weighted by molar-refractivity contribution is 5.73. The lowest BCUT2D eigenvalue weighted by Crippen LogP contribution is -2.10. The second-order valence-electron chi connectivity index (χ2n) is 2.95. The fourth-order valence-electron chi connectivity index (χ4n) is 1.18. The van der Waals surface area contributed by atoms with Crippen LogP contribution in [0.2, 0.25) is 0 Å². The third-order valence-corrected chi connectivity index (χ3v) is 1.86. The van der Waals surface area contributed by atoms with Gasteiger partial charge < -0.3 is 10.8 Å². The van der Waals surface area contributed by atoms with Gasteiger partial charge in [0, 0.05) is 6.42 Å². The summed E-state index contributed by atoms with van der Waals surface area (Å²) in [5, 5.41) is 9.36. The van der Waals surface area contributed by atoms with Crippen LogP contribution in [0.4, 0.5) is 0 Å². The summed E-state index contributed by atoms with van der Waals surface area (Å²) < 4.78 is 0. The Hall–Kier alpha value is -1.51. The summed E-state index contributed by atoms with van der Waals surface area (Å²) in [6, 6.07) is 7.11. The number of phenolic OH excluding ortho intramolecular Hbond substituents is 1. The first-order valence-corrected chi connectivity index (χ1v) is 4.25. The van der Waals surface area contributed by atoms with Crippen LogP contribution in [-0.2, 0) is 11.2 Å². The number of carbonyl (C=O) groups is 1. The van der Waals surface area contributed by atoms with Crippen LogP contribution in [0.1, 0.15) is 18.4 Å². The molecule has 1 amide bonds. The number of hydrogen-bond donors (Lipinski definition) is 2. The number of rotatable bonds is 4. The van der Waals surface area contributed by atoms with Gasteiger partial charge in [0.1, 0.15) is 5.75 Å². The fourth-order valence-corrected chi connectivity index (χ4v) is 1.18. The third kappa shape index (κ3) is 3.15. The van der Waals surface area contributed by atoms with E-state index < -0.39 is 0 Å². The number of nitrogens with two attached hydrogens (primary N) is 1. The number of carbonyl (C=O) groups excluding carboxylic acids is 1. The summed E-state index contributed by atoms with van der Waals surface area (Å²) in [7, 11) is 0. The molecule has 0 radical (unpaired) electrons. The molecule has 0 heterocycles. The van der Waals surface area contributed by atoms with Gasteiger partial charge in [-0.25, -0.2) is 0 Å². The van der Waals surface area contributed by atoms with Crippen molar-refractivity contribution in [2.75, 3.05) is 0 Å². The number of phenols is 1. The molecule has 3 heteroatoms. The van der Waals surface area contributed by atoms with Crippen LogP contribution in [0, 0.1) is 0 Å². The van der Waals surface area contributed by atoms with Crippen LogP contribution in [-0.4, -0.2) is 11.0 Å². The Morgan fingerprint density at radius 3 is 2.69 bits per heavy atom. The van der Waals surface area contributed by atoms with E-state index in [1.54, 1.807) is 12.1 Å². The van der Waals surface area contributed by atoms with Gasteiger partial charge in [-0.1, -0.05) is 18.2 Å². The first-order valence-electron chi connectivity index (χ1n) is 4.25. The number of para-hydroxylation sites is 1. The van der Waals surface area contributed by atoms with Gasteiger partial charge in [-0.05, 0) is 24.5 Å². The molecule has 0 saturated heterocycles. The Bertz CT molecular complexity index is 297. The third-order valence-electron chi connectivity index (χ3n) is 1.86. The summed E-state index contributed by atoms with van der Waals surface area (Å²) in [6.07, 6.45) is 1.75. The molecule has 0 aliphatic heterocycles. The maximum Gasteiger partial charge on any atom is 0.217 e. The molecule has 0 saturated carbocycles. The van der Waals surface area contributed by atoms with Gasteiger partial charge in [0.25, 0.3) is 0 Å². The number of amides is 1. The average molecular weight is 179 g/mol. The lowest BCUT2D eigenvalue weighted by molar-refractivity contribution is -0.118. The Balaban J connectivity index is 2.45. The number of aromatic hydroxyl groups is 1. The molecule has 0 aliphatic rings. The van der Waals surface area contributed by atoms with Gasteiger partial charge in [0.05, 0.1) is 0 Å². The molecule has 0 unspecified atom stereocenters. The van der Waals surface area contributed by atoms with Crippen LogP contribution in [0.5, 0.6) is 5.75 Å². The standard InChI is InChI=1S/C10H13NO2/c11-10(13)7-3-5-8-4-1-2-6-9(8)12/h1-2,4,6,12H,3,5,7H2,(H2,11,13). The van der Waals surface area contributed by atoms with Crippen molar-refractivity contribution in [1.29, 1.82) is 0 Å². The summed E-state index contributed by atoms with van der Waals surface area (Å²) in [4.78, 5) is 10.4. The number of hydrogen-bond acceptors (Lipinski definition) is 2. The Morgan fingerprint density at radius 2 is 2.08 bits per heavy atom. The Morgan fingerprint density at radius 1 is 1.38 bits per heavy atom. The van der Waals surface area contributed by atoms with Gasteiger partial charge in [-0.15, -0.1) is 0 Å². The monoisotopic (exact) mass is 179 g/mol. The first-order chi connectivity index (χ1) is 6.20. The van der Waals surface area contributed by atoms with Gasteiger partial charge >= 0.3 is 0 Å². The van der Waals surface area contributed by atoms with Crippen molar-refractivity contribution in [2.24, 2.45) is 5.73 Å². The highest BCUT2D eigenvalue weighted by Gasteiger charge is 2.00. The van der Waals surface area contributed by atoms with Gasteiger partial charge in [-0.2, -0.15) is 0 Å². The molecule has 1 rings (SSSR count). The molecular weight excluding hydrogens is 166 g/mol. The van der Waals surface area contributed by atoms with E-state index in [-0.39, 0.29) is 11.7 Å². The van der Waals surface area contributed by atoms with E-state index in [4.69, 9.17) is 5.73 Å².